The molecule has 2 N–H and O–H groups in total. The number of carbonyl (C=O) groups is 1. The lowest BCUT2D eigenvalue weighted by Gasteiger charge is -2.21. The van der Waals surface area contributed by atoms with E-state index in [2.05, 4.69) is 22.0 Å². The molecule has 2 aromatic rings. The molecule has 136 valence electrons. The van der Waals surface area contributed by atoms with Gasteiger partial charge in [0.15, 0.2) is 0 Å². The summed E-state index contributed by atoms with van der Waals surface area (Å²) in [6.07, 6.45) is 6.32. The number of nitrogen functional groups attached to an aromatic ring is 1. The summed E-state index contributed by atoms with van der Waals surface area (Å²) in [4.78, 5) is 23.4. The second-order valence-corrected chi connectivity index (χ2v) is 7.09. The first-order valence-electron chi connectivity index (χ1n) is 9.25. The van der Waals surface area contributed by atoms with Gasteiger partial charge in [-0.15, -0.1) is 5.10 Å². The number of nitrogens with two attached hydrogens (primary N) is 1. The molecule has 1 aliphatic rings. The number of aromatic nitrogens is 4. The van der Waals surface area contributed by atoms with Crippen molar-refractivity contribution in [3.05, 3.63) is 17.0 Å². The zero-order chi connectivity index (χ0) is 18.0. The van der Waals surface area contributed by atoms with Crippen molar-refractivity contribution < 1.29 is 4.79 Å². The largest absolute Gasteiger partial charge is 0.366 e. The molecule has 0 unspecified atom stereocenters. The van der Waals surface area contributed by atoms with Gasteiger partial charge in [-0.05, 0) is 39.0 Å². The number of aryl methyl sites for hydroxylation is 2. The quantitative estimate of drug-likeness (QED) is 0.919. The van der Waals surface area contributed by atoms with Gasteiger partial charge in [-0.25, -0.2) is 4.98 Å². The number of hydrogen-bond acceptors (Lipinski definition) is 5. The Hall–Kier alpha value is -2.18. The third-order valence-electron chi connectivity index (χ3n) is 5.29. The minimum Gasteiger partial charge on any atom is -0.366 e. The first kappa shape index (κ1) is 17.6. The van der Waals surface area contributed by atoms with Crippen molar-refractivity contribution in [3.8, 4) is 0 Å². The number of carbonyl (C=O) groups excluding carboxylic acids is 1. The Labute approximate surface area is 148 Å². The minimum atomic E-state index is 0.178. The van der Waals surface area contributed by atoms with Crippen molar-refractivity contribution in [2.45, 2.75) is 59.3 Å². The lowest BCUT2D eigenvalue weighted by atomic mass is 9.96. The molecule has 1 saturated heterocycles. The van der Waals surface area contributed by atoms with Crippen molar-refractivity contribution in [3.63, 3.8) is 0 Å². The summed E-state index contributed by atoms with van der Waals surface area (Å²) in [5.41, 5.74) is 8.31. The highest BCUT2D eigenvalue weighted by molar-refractivity contribution is 5.79. The molecule has 0 spiro atoms. The van der Waals surface area contributed by atoms with Gasteiger partial charge >= 0.3 is 0 Å². The predicted octanol–water partition coefficient (Wildman–Crippen LogP) is 2.29. The van der Waals surface area contributed by atoms with Crippen molar-refractivity contribution in [1.82, 2.24) is 24.5 Å². The molecule has 0 aliphatic carbocycles. The highest BCUT2D eigenvalue weighted by Crippen LogP contribution is 2.23. The van der Waals surface area contributed by atoms with E-state index in [0.717, 1.165) is 48.8 Å². The lowest BCUT2D eigenvalue weighted by Crippen LogP contribution is -2.33. The molecular weight excluding hydrogens is 316 g/mol. The fourth-order valence-electron chi connectivity index (χ4n) is 3.85. The van der Waals surface area contributed by atoms with E-state index in [1.54, 1.807) is 4.52 Å². The van der Waals surface area contributed by atoms with Gasteiger partial charge in [-0.3, -0.25) is 4.79 Å². The van der Waals surface area contributed by atoms with E-state index in [9.17, 15) is 4.79 Å². The number of likely N-dealkylation sites (tertiary alicyclic amines) is 1. The molecule has 7 heteroatoms. The summed E-state index contributed by atoms with van der Waals surface area (Å²) >= 11 is 0. The Morgan fingerprint density at radius 2 is 2.04 bits per heavy atom. The van der Waals surface area contributed by atoms with Crippen molar-refractivity contribution >= 4 is 17.6 Å². The molecule has 3 heterocycles. The van der Waals surface area contributed by atoms with Crippen molar-refractivity contribution in [1.29, 1.82) is 0 Å². The second kappa shape index (κ2) is 7.37. The standard InChI is InChI=1S/C18H28N6O/c1-4-6-14-7-5-9-23(10-8-14)16(25)11-15-12(2)20-18-21-17(19)22-24(18)13(15)3/h14H,4-11H2,1-3H3,(H2,19,22)/t14-/m1/s1. The Balaban J connectivity index is 1.75. The van der Waals surface area contributed by atoms with Crippen LogP contribution in [0.15, 0.2) is 0 Å². The average molecular weight is 344 g/mol. The van der Waals surface area contributed by atoms with E-state index >= 15 is 0 Å². The number of hydrogen-bond donors (Lipinski definition) is 1. The molecule has 0 radical (unpaired) electrons. The monoisotopic (exact) mass is 344 g/mol. The van der Waals surface area contributed by atoms with Gasteiger partial charge in [0.1, 0.15) is 0 Å². The minimum absolute atomic E-state index is 0.178. The first-order chi connectivity index (χ1) is 12.0. The van der Waals surface area contributed by atoms with Crippen LogP contribution < -0.4 is 5.73 Å². The van der Waals surface area contributed by atoms with Crippen molar-refractivity contribution in [2.75, 3.05) is 18.8 Å². The smallest absolute Gasteiger partial charge is 0.254 e. The van der Waals surface area contributed by atoms with Gasteiger partial charge in [0.25, 0.3) is 5.78 Å². The molecule has 0 aromatic carbocycles. The summed E-state index contributed by atoms with van der Waals surface area (Å²) in [6.45, 7) is 7.83. The van der Waals surface area contributed by atoms with Gasteiger partial charge in [0.05, 0.1) is 6.42 Å². The Morgan fingerprint density at radius 1 is 1.24 bits per heavy atom. The maximum atomic E-state index is 12.9. The second-order valence-electron chi connectivity index (χ2n) is 7.09. The predicted molar refractivity (Wildman–Crippen MR) is 97.2 cm³/mol. The molecule has 0 bridgehead atoms. The molecule has 1 atom stereocenters. The highest BCUT2D eigenvalue weighted by atomic mass is 16.2. The molecule has 0 saturated carbocycles. The molecule has 1 aliphatic heterocycles. The maximum Gasteiger partial charge on any atom is 0.254 e. The summed E-state index contributed by atoms with van der Waals surface area (Å²) in [5, 5.41) is 4.18. The van der Waals surface area contributed by atoms with Gasteiger partial charge in [0.2, 0.25) is 11.9 Å². The van der Waals surface area contributed by atoms with Crippen LogP contribution in [0.1, 0.15) is 56.0 Å². The third-order valence-corrected chi connectivity index (χ3v) is 5.29. The summed E-state index contributed by atoms with van der Waals surface area (Å²) in [7, 11) is 0. The van der Waals surface area contributed by atoms with E-state index in [1.807, 2.05) is 18.7 Å². The lowest BCUT2D eigenvalue weighted by molar-refractivity contribution is -0.130. The molecule has 2 aromatic heterocycles. The van der Waals surface area contributed by atoms with Crippen LogP contribution >= 0.6 is 0 Å². The normalized spacial score (nSPS) is 18.5. The topological polar surface area (TPSA) is 89.4 Å². The van der Waals surface area contributed by atoms with Crippen molar-refractivity contribution in [2.24, 2.45) is 5.92 Å². The SMILES string of the molecule is CCC[C@@H]1CCCN(C(=O)Cc2c(C)nc3nc(N)nn3c2C)CC1. The Kier molecular flexibility index (Phi) is 5.20. The molecule has 7 nitrogen and oxygen atoms in total. The van der Waals surface area contributed by atoms with Gasteiger partial charge < -0.3 is 10.6 Å². The fraction of sp³-hybridized carbons (Fsp3) is 0.667. The van der Waals surface area contributed by atoms with E-state index < -0.39 is 0 Å². The van der Waals surface area contributed by atoms with Crippen LogP contribution in [0.25, 0.3) is 5.78 Å². The van der Waals surface area contributed by atoms with E-state index in [-0.39, 0.29) is 11.9 Å². The van der Waals surface area contributed by atoms with Crippen LogP contribution in [0.2, 0.25) is 0 Å². The Morgan fingerprint density at radius 3 is 2.80 bits per heavy atom. The van der Waals surface area contributed by atoms with E-state index in [4.69, 9.17) is 5.73 Å². The van der Waals surface area contributed by atoms with Crippen LogP contribution in [0, 0.1) is 19.8 Å². The molecule has 1 fully saturated rings. The number of amides is 1. The van der Waals surface area contributed by atoms with Crippen LogP contribution in [-0.4, -0.2) is 43.5 Å². The van der Waals surface area contributed by atoms with E-state index in [0.29, 0.717) is 12.2 Å². The van der Waals surface area contributed by atoms with Crippen LogP contribution in [-0.2, 0) is 11.2 Å². The van der Waals surface area contributed by atoms with Gasteiger partial charge in [-0.2, -0.15) is 9.50 Å². The zero-order valence-corrected chi connectivity index (χ0v) is 15.5. The van der Waals surface area contributed by atoms with E-state index in [1.165, 1.54) is 19.3 Å². The highest BCUT2D eigenvalue weighted by Gasteiger charge is 2.22. The zero-order valence-electron chi connectivity index (χ0n) is 15.5. The number of anilines is 1. The Bertz CT molecular complexity index is 769. The number of nitrogens with zero attached hydrogens (tertiary/aromatic N) is 5. The average Bonchev–Trinajstić information content (AvgIpc) is 2.79. The molecular formula is C18H28N6O. The summed E-state index contributed by atoms with van der Waals surface area (Å²) < 4.78 is 1.63. The van der Waals surface area contributed by atoms with Crippen LogP contribution in [0.4, 0.5) is 5.95 Å². The number of fused-ring (bicyclic) bond motifs is 1. The third kappa shape index (κ3) is 3.75. The molecule has 3 rings (SSSR count). The van der Waals surface area contributed by atoms with Gasteiger partial charge in [-0.1, -0.05) is 19.8 Å². The van der Waals surface area contributed by atoms with Crippen LogP contribution in [0.3, 0.4) is 0 Å². The summed E-state index contributed by atoms with van der Waals surface area (Å²) in [5.74, 6) is 1.63. The summed E-state index contributed by atoms with van der Waals surface area (Å²) in [6, 6.07) is 0. The van der Waals surface area contributed by atoms with Crippen LogP contribution in [0.5, 0.6) is 0 Å². The molecule has 25 heavy (non-hydrogen) atoms. The fourth-order valence-corrected chi connectivity index (χ4v) is 3.85. The first-order valence-corrected chi connectivity index (χ1v) is 9.25. The number of rotatable bonds is 4. The maximum absolute atomic E-state index is 12.9. The molecule has 1 amide bonds. The van der Waals surface area contributed by atoms with Gasteiger partial charge in [0, 0.05) is 30.0 Å².